The van der Waals surface area contributed by atoms with E-state index in [1.807, 2.05) is 0 Å². The highest BCUT2D eigenvalue weighted by atomic mass is 32.2. The van der Waals surface area contributed by atoms with Gasteiger partial charge >= 0.3 is 0 Å². The van der Waals surface area contributed by atoms with Crippen molar-refractivity contribution in [3.05, 3.63) is 42.5 Å². The van der Waals surface area contributed by atoms with Crippen LogP contribution in [0.3, 0.4) is 0 Å². The third-order valence-corrected chi connectivity index (χ3v) is 11.7. The minimum Gasteiger partial charge on any atom is -0.394 e. The Bertz CT molecular complexity index is 1800. The van der Waals surface area contributed by atoms with Crippen LogP contribution in [0.5, 0.6) is 0 Å². The van der Waals surface area contributed by atoms with E-state index >= 15 is 0 Å². The smallest absolute Gasteiger partial charge is 0.294 e. The van der Waals surface area contributed by atoms with E-state index in [1.54, 1.807) is 24.3 Å². The highest BCUT2D eigenvalue weighted by molar-refractivity contribution is 7.94. The maximum Gasteiger partial charge on any atom is 0.294 e. The molecule has 0 fully saturated rings. The molecule has 0 bridgehead atoms. The topological polar surface area (TPSA) is 328 Å². The first-order valence-electron chi connectivity index (χ1n) is 27.7. The largest absolute Gasteiger partial charge is 0.394 e. The average molecular weight is 1240 g/mol. The van der Waals surface area contributed by atoms with Crippen molar-refractivity contribution < 1.29 is 123 Å². The van der Waals surface area contributed by atoms with Crippen molar-refractivity contribution in [3.63, 3.8) is 0 Å². The van der Waals surface area contributed by atoms with Gasteiger partial charge in [0.05, 0.1) is 231 Å². The lowest BCUT2D eigenvalue weighted by Gasteiger charge is -2.22. The van der Waals surface area contributed by atoms with Crippen LogP contribution < -0.4 is 5.23 Å². The van der Waals surface area contributed by atoms with Gasteiger partial charge < -0.3 is 86.0 Å². The van der Waals surface area contributed by atoms with Crippen molar-refractivity contribution in [2.75, 3.05) is 243 Å². The molecule has 0 atom stereocenters. The molecule has 0 spiro atoms. The van der Waals surface area contributed by atoms with Crippen LogP contribution in [-0.2, 0) is 105 Å². The molecule has 2 aromatic carbocycles. The van der Waals surface area contributed by atoms with Gasteiger partial charge in [-0.25, -0.2) is 14.9 Å². The monoisotopic (exact) mass is 1240 g/mol. The van der Waals surface area contributed by atoms with Gasteiger partial charge in [-0.05, 0) is 68.1 Å². The lowest BCUT2D eigenvalue weighted by molar-refractivity contribution is -0.432. The molecule has 482 valence electrons. The van der Waals surface area contributed by atoms with E-state index in [-0.39, 0.29) is 50.2 Å². The second-order valence-corrected chi connectivity index (χ2v) is 18.8. The molecule has 0 amide bonds. The zero-order valence-electron chi connectivity index (χ0n) is 47.8. The predicted molar refractivity (Wildman–Crippen MR) is 298 cm³/mol. The lowest BCUT2D eigenvalue weighted by Crippen LogP contribution is -2.28. The van der Waals surface area contributed by atoms with E-state index in [1.165, 1.54) is 11.3 Å². The van der Waals surface area contributed by atoms with Gasteiger partial charge in [-0.2, -0.15) is 13.5 Å². The van der Waals surface area contributed by atoms with E-state index in [4.69, 9.17) is 101 Å². The van der Waals surface area contributed by atoms with Crippen LogP contribution in [0.1, 0.15) is 25.7 Å². The number of rotatable bonds is 65. The summed E-state index contributed by atoms with van der Waals surface area (Å²) >= 11 is 0.542. The summed E-state index contributed by atoms with van der Waals surface area (Å²) in [4.78, 5) is 11.6. The number of ether oxygens (including phenoxy) is 16. The first kappa shape index (κ1) is 76.3. The Kier molecular flexibility index (Phi) is 53.5. The highest BCUT2D eigenvalue weighted by Crippen LogP contribution is 2.34. The molecule has 0 radical (unpaired) electrons. The van der Waals surface area contributed by atoms with Crippen LogP contribution in [0, 0.1) is 0 Å². The molecule has 0 aliphatic carbocycles. The Morgan fingerprint density at radius 3 is 0.988 bits per heavy atom. The number of unbranched alkanes of at least 4 members (excludes halogenated alkanes) is 2. The number of hydrogen-bond acceptors (Lipinski definition) is 29. The maximum atomic E-state index is 11.7. The quantitative estimate of drug-likeness (QED) is 0.0179. The fourth-order valence-electron chi connectivity index (χ4n) is 6.15. The van der Waals surface area contributed by atoms with Gasteiger partial charge in [0.2, 0.25) is 0 Å². The Morgan fingerprint density at radius 1 is 0.386 bits per heavy atom. The normalized spacial score (nSPS) is 12.0. The number of aliphatic hydroxyl groups excluding tert-OH is 2. The molecule has 0 unspecified atom stereocenters. The van der Waals surface area contributed by atoms with E-state index < -0.39 is 15.0 Å². The van der Waals surface area contributed by atoms with E-state index in [9.17, 15) is 13.0 Å². The van der Waals surface area contributed by atoms with Gasteiger partial charge in [-0.3, -0.25) is 4.55 Å². The van der Waals surface area contributed by atoms with E-state index in [0.29, 0.717) is 222 Å². The Labute approximate surface area is 492 Å². The third-order valence-electron chi connectivity index (χ3n) is 10.2. The number of nitrogens with zero attached hydrogens (tertiary/aromatic N) is 3. The molecule has 2 rings (SSSR count). The van der Waals surface area contributed by atoms with Gasteiger partial charge in [-0.1, -0.05) is 5.04 Å². The van der Waals surface area contributed by atoms with Crippen molar-refractivity contribution in [2.24, 2.45) is 10.2 Å². The first-order valence-corrected chi connectivity index (χ1v) is 29.9. The minimum absolute atomic E-state index is 0.00374. The molecule has 29 nitrogen and oxygen atoms in total. The second kappa shape index (κ2) is 58.2. The molecule has 0 aliphatic heterocycles. The van der Waals surface area contributed by atoms with E-state index in [0.717, 1.165) is 37.8 Å². The molecular weight excluding hydrogens is 1150 g/mol. The molecule has 2 aromatic rings. The fourth-order valence-corrected chi connectivity index (χ4v) is 7.06. The van der Waals surface area contributed by atoms with Crippen molar-refractivity contribution in [3.8, 4) is 0 Å². The van der Waals surface area contributed by atoms with E-state index in [2.05, 4.69) is 19.6 Å². The van der Waals surface area contributed by atoms with Crippen molar-refractivity contribution >= 4 is 39.2 Å². The average Bonchev–Trinajstić information content (AvgIpc) is 3.55. The predicted octanol–water partition coefficient (Wildman–Crippen LogP) is 4.26. The summed E-state index contributed by atoms with van der Waals surface area (Å²) in [5.74, 6) is 0. The fraction of sp³-hybridized carbons (Fsp3) is 0.769. The van der Waals surface area contributed by atoms with Crippen LogP contribution in [0.15, 0.2) is 62.5 Å². The van der Waals surface area contributed by atoms with Crippen molar-refractivity contribution in [1.82, 2.24) is 0 Å². The molecule has 0 saturated heterocycles. The van der Waals surface area contributed by atoms with Gasteiger partial charge in [0.1, 0.15) is 18.9 Å². The summed E-state index contributed by atoms with van der Waals surface area (Å²) in [6, 6.07) is 10.0. The van der Waals surface area contributed by atoms with Crippen LogP contribution >= 0.6 is 12.0 Å². The summed E-state index contributed by atoms with van der Waals surface area (Å²) in [6.45, 7) is 14.6. The van der Waals surface area contributed by atoms with Gasteiger partial charge in [0, 0.05) is 26.4 Å². The van der Waals surface area contributed by atoms with Crippen LogP contribution in [0.2, 0.25) is 0 Å². The summed E-state index contributed by atoms with van der Waals surface area (Å²) in [5, 5.41) is 39.0. The zero-order chi connectivity index (χ0) is 59.5. The zero-order valence-corrected chi connectivity index (χ0v) is 49.4. The number of hydrogen-bond donors (Lipinski definition) is 4. The third kappa shape index (κ3) is 47.9. The summed E-state index contributed by atoms with van der Waals surface area (Å²) in [6.07, 6.45) is 3.53. The maximum absolute atomic E-state index is 11.7. The Balaban J connectivity index is 1.58. The SMILES string of the molecule is O=S(=O)(O)c1ccc(SOOO)c(N=Nc2ccc(N(OCCOCCOCCOCCOCCCCOCCOCCOCCOCCO)OCCOCCOCCOCCOCCCCOCCOCCOCCOCCO)cc2)c1. The standard InChI is InChI=1S/C52H91N3O26S2/c56-11-17-66-23-29-72-35-31-68-25-19-62-13-1-3-15-64-21-27-70-33-37-74-39-41-76-43-45-78-55(49-7-5-48(6-8-49)53-54-51-47-50(83(59,60)61)9-10-52(51)82-81-80-58)79-46-44-77-42-40-75-38-34-71-28-22-65-16-4-2-14-63-20-26-69-32-36-73-30-24-67-18-12-57/h5-10,47,56-58H,1-4,11-46H2,(H,59,60,61). The minimum atomic E-state index is -4.55. The molecule has 0 heterocycles. The van der Waals surface area contributed by atoms with Gasteiger partial charge in [-0.15, -0.1) is 14.7 Å². The molecule has 4 N–H and O–H groups in total. The summed E-state index contributed by atoms with van der Waals surface area (Å²) in [5.41, 5.74) is 0.857. The summed E-state index contributed by atoms with van der Waals surface area (Å²) in [7, 11) is -4.55. The first-order chi connectivity index (χ1) is 40.9. The molecule has 31 heteroatoms. The number of aliphatic hydroxyl groups is 2. The number of azo groups is 1. The molecule has 0 aromatic heterocycles. The molecule has 0 aliphatic rings. The highest BCUT2D eigenvalue weighted by Gasteiger charge is 2.15. The van der Waals surface area contributed by atoms with Gasteiger partial charge in [0.15, 0.2) is 0 Å². The Hall–Kier alpha value is -2.82. The lowest BCUT2D eigenvalue weighted by atomic mass is 10.3. The van der Waals surface area contributed by atoms with Crippen LogP contribution in [0.4, 0.5) is 17.1 Å². The number of anilines is 1. The molecule has 83 heavy (non-hydrogen) atoms. The second-order valence-electron chi connectivity index (χ2n) is 16.6. The Morgan fingerprint density at radius 2 is 0.687 bits per heavy atom. The van der Waals surface area contributed by atoms with Gasteiger partial charge in [0.25, 0.3) is 10.1 Å². The van der Waals surface area contributed by atoms with Crippen molar-refractivity contribution in [2.45, 2.75) is 35.5 Å². The summed E-state index contributed by atoms with van der Waals surface area (Å²) < 4.78 is 125. The number of benzene rings is 2. The van der Waals surface area contributed by atoms with Crippen LogP contribution in [0.25, 0.3) is 0 Å². The van der Waals surface area contributed by atoms with Crippen LogP contribution in [-0.4, -0.2) is 266 Å². The molecule has 0 saturated carbocycles. The van der Waals surface area contributed by atoms with Crippen molar-refractivity contribution in [1.29, 1.82) is 0 Å². The molecular formula is C52H91N3O26S2.